The number of nitrogens with zero attached hydrogens (tertiary/aromatic N) is 2. The van der Waals surface area contributed by atoms with Crippen LogP contribution < -0.4 is 0 Å². The van der Waals surface area contributed by atoms with Gasteiger partial charge in [-0.15, -0.1) is 11.3 Å². The topological polar surface area (TPSA) is 70.5 Å². The molecule has 0 aliphatic rings. The number of rotatable bonds is 7. The van der Waals surface area contributed by atoms with Gasteiger partial charge in [-0.2, -0.15) is 0 Å². The lowest BCUT2D eigenvalue weighted by Gasteiger charge is -2.24. The van der Waals surface area contributed by atoms with Crippen molar-refractivity contribution in [3.63, 3.8) is 0 Å². The zero-order valence-corrected chi connectivity index (χ0v) is 14.0. The Morgan fingerprint density at radius 2 is 1.96 bits per heavy atom. The molecule has 1 N–H and O–H groups in total. The number of carbonyl (C=O) groups is 2. The van der Waals surface area contributed by atoms with Gasteiger partial charge in [0.2, 0.25) is 5.91 Å². The molecule has 0 aliphatic heterocycles. The van der Waals surface area contributed by atoms with E-state index in [0.717, 1.165) is 11.4 Å². The van der Waals surface area contributed by atoms with E-state index in [2.05, 4.69) is 4.98 Å². The molecule has 0 radical (unpaired) electrons. The van der Waals surface area contributed by atoms with Gasteiger partial charge in [-0.25, -0.2) is 4.98 Å². The molecule has 0 aliphatic carbocycles. The molecule has 6 heteroatoms. The standard InChI is InChI=1S/C17H20N2O3S/c1-12(2)19(10-17(21)22)16(20)9-14-11-23-15(18-14)8-13-6-4-3-5-7-13/h3-7,11-12H,8-10H2,1-2H3,(H,21,22). The molecular formula is C17H20N2O3S. The van der Waals surface area contributed by atoms with Gasteiger partial charge in [0.1, 0.15) is 6.54 Å². The summed E-state index contributed by atoms with van der Waals surface area (Å²) in [5.74, 6) is -1.21. The van der Waals surface area contributed by atoms with Crippen molar-refractivity contribution in [1.29, 1.82) is 0 Å². The van der Waals surface area contributed by atoms with Crippen molar-refractivity contribution in [3.8, 4) is 0 Å². The first-order valence-corrected chi connectivity index (χ1v) is 8.32. The van der Waals surface area contributed by atoms with Gasteiger partial charge in [0.25, 0.3) is 0 Å². The molecule has 5 nitrogen and oxygen atoms in total. The van der Waals surface area contributed by atoms with Gasteiger partial charge in [-0.1, -0.05) is 30.3 Å². The van der Waals surface area contributed by atoms with Crippen LogP contribution in [0.5, 0.6) is 0 Å². The Balaban J connectivity index is 2.00. The fraction of sp³-hybridized carbons (Fsp3) is 0.353. The maximum atomic E-state index is 12.3. The van der Waals surface area contributed by atoms with E-state index in [1.54, 1.807) is 0 Å². The molecule has 0 saturated carbocycles. The molecule has 23 heavy (non-hydrogen) atoms. The summed E-state index contributed by atoms with van der Waals surface area (Å²) >= 11 is 1.52. The summed E-state index contributed by atoms with van der Waals surface area (Å²) in [4.78, 5) is 29.0. The first-order valence-electron chi connectivity index (χ1n) is 7.44. The van der Waals surface area contributed by atoms with E-state index < -0.39 is 5.97 Å². The van der Waals surface area contributed by atoms with E-state index in [0.29, 0.717) is 5.69 Å². The highest BCUT2D eigenvalue weighted by molar-refractivity contribution is 7.09. The van der Waals surface area contributed by atoms with Crippen molar-refractivity contribution in [2.24, 2.45) is 0 Å². The van der Waals surface area contributed by atoms with Crippen molar-refractivity contribution in [1.82, 2.24) is 9.88 Å². The van der Waals surface area contributed by atoms with Crippen molar-refractivity contribution < 1.29 is 14.7 Å². The van der Waals surface area contributed by atoms with Crippen LogP contribution in [0.25, 0.3) is 0 Å². The average molecular weight is 332 g/mol. The van der Waals surface area contributed by atoms with Crippen LogP contribution in [-0.2, 0) is 22.4 Å². The van der Waals surface area contributed by atoms with Crippen molar-refractivity contribution in [3.05, 3.63) is 52.0 Å². The molecule has 0 fully saturated rings. The molecule has 0 unspecified atom stereocenters. The fourth-order valence-electron chi connectivity index (χ4n) is 2.24. The minimum Gasteiger partial charge on any atom is -0.480 e. The number of carboxylic acid groups (broad SMARTS) is 1. The van der Waals surface area contributed by atoms with Crippen LogP contribution in [0, 0.1) is 0 Å². The molecule has 1 amide bonds. The minimum atomic E-state index is -1.00. The van der Waals surface area contributed by atoms with E-state index in [4.69, 9.17) is 5.11 Å². The Bertz CT molecular complexity index is 667. The van der Waals surface area contributed by atoms with Gasteiger partial charge >= 0.3 is 5.97 Å². The number of carbonyl (C=O) groups excluding carboxylic acids is 1. The first kappa shape index (κ1) is 17.1. The van der Waals surface area contributed by atoms with Crippen LogP contribution in [0.4, 0.5) is 0 Å². The van der Waals surface area contributed by atoms with Gasteiger partial charge in [0.15, 0.2) is 0 Å². The molecule has 0 spiro atoms. The zero-order valence-electron chi connectivity index (χ0n) is 13.2. The number of hydrogen-bond acceptors (Lipinski definition) is 4. The van der Waals surface area contributed by atoms with Gasteiger partial charge in [0, 0.05) is 17.8 Å². The van der Waals surface area contributed by atoms with Crippen LogP contribution in [0.2, 0.25) is 0 Å². The smallest absolute Gasteiger partial charge is 0.323 e. The Hall–Kier alpha value is -2.21. The number of aliphatic carboxylic acids is 1. The Kier molecular flexibility index (Phi) is 5.87. The highest BCUT2D eigenvalue weighted by Gasteiger charge is 2.20. The summed E-state index contributed by atoms with van der Waals surface area (Å²) in [7, 11) is 0. The number of thiazole rings is 1. The second-order valence-electron chi connectivity index (χ2n) is 5.58. The highest BCUT2D eigenvalue weighted by atomic mass is 32.1. The second-order valence-corrected chi connectivity index (χ2v) is 6.52. The third-order valence-corrected chi connectivity index (χ3v) is 4.28. The molecule has 2 rings (SSSR count). The lowest BCUT2D eigenvalue weighted by molar-refractivity contribution is -0.145. The monoisotopic (exact) mass is 332 g/mol. The van der Waals surface area contributed by atoms with Gasteiger partial charge in [-0.3, -0.25) is 9.59 Å². The summed E-state index contributed by atoms with van der Waals surface area (Å²) in [6, 6.07) is 9.87. The van der Waals surface area contributed by atoms with Gasteiger partial charge < -0.3 is 10.0 Å². The number of hydrogen-bond donors (Lipinski definition) is 1. The Morgan fingerprint density at radius 3 is 2.57 bits per heavy atom. The van der Waals surface area contributed by atoms with Crippen molar-refractivity contribution in [2.45, 2.75) is 32.7 Å². The van der Waals surface area contributed by atoms with Gasteiger partial charge in [0.05, 0.1) is 17.1 Å². The minimum absolute atomic E-state index is 0.136. The number of aromatic nitrogens is 1. The molecule has 0 saturated heterocycles. The van der Waals surface area contributed by atoms with Gasteiger partial charge in [-0.05, 0) is 19.4 Å². The predicted octanol–water partition coefficient (Wildman–Crippen LogP) is 2.60. The van der Waals surface area contributed by atoms with E-state index in [1.165, 1.54) is 21.8 Å². The normalized spacial score (nSPS) is 10.7. The summed E-state index contributed by atoms with van der Waals surface area (Å²) in [5.41, 5.74) is 1.87. The van der Waals surface area contributed by atoms with E-state index >= 15 is 0 Å². The molecule has 0 bridgehead atoms. The fourth-order valence-corrected chi connectivity index (χ4v) is 3.07. The largest absolute Gasteiger partial charge is 0.480 e. The zero-order chi connectivity index (χ0) is 16.8. The summed E-state index contributed by atoms with van der Waals surface area (Å²) in [5, 5.41) is 11.7. The van der Waals surface area contributed by atoms with E-state index in [1.807, 2.05) is 49.6 Å². The maximum absolute atomic E-state index is 12.3. The van der Waals surface area contributed by atoms with Crippen LogP contribution in [0.3, 0.4) is 0 Å². The first-order chi connectivity index (χ1) is 11.0. The predicted molar refractivity (Wildman–Crippen MR) is 89.6 cm³/mol. The molecule has 0 atom stereocenters. The summed E-state index contributed by atoms with van der Waals surface area (Å²) < 4.78 is 0. The Morgan fingerprint density at radius 1 is 1.26 bits per heavy atom. The lowest BCUT2D eigenvalue weighted by atomic mass is 10.2. The van der Waals surface area contributed by atoms with Crippen LogP contribution in [-0.4, -0.2) is 39.5 Å². The average Bonchev–Trinajstić information content (AvgIpc) is 2.92. The van der Waals surface area contributed by atoms with E-state index in [-0.39, 0.29) is 24.9 Å². The third kappa shape index (κ3) is 5.17. The van der Waals surface area contributed by atoms with Crippen LogP contribution in [0.1, 0.15) is 30.1 Å². The lowest BCUT2D eigenvalue weighted by Crippen LogP contribution is -2.41. The molecule has 1 aromatic carbocycles. The number of benzene rings is 1. The molecular weight excluding hydrogens is 312 g/mol. The molecule has 2 aromatic rings. The third-order valence-electron chi connectivity index (χ3n) is 3.38. The van der Waals surface area contributed by atoms with Crippen LogP contribution in [0.15, 0.2) is 35.7 Å². The molecule has 1 heterocycles. The number of amides is 1. The maximum Gasteiger partial charge on any atom is 0.323 e. The Labute approximate surface area is 139 Å². The van der Waals surface area contributed by atoms with Crippen LogP contribution >= 0.6 is 11.3 Å². The van der Waals surface area contributed by atoms with Crippen molar-refractivity contribution >= 4 is 23.2 Å². The molecule has 122 valence electrons. The number of carboxylic acids is 1. The SMILES string of the molecule is CC(C)N(CC(=O)O)C(=O)Cc1csc(Cc2ccccc2)n1. The highest BCUT2D eigenvalue weighted by Crippen LogP contribution is 2.16. The molecule has 1 aromatic heterocycles. The summed E-state index contributed by atoms with van der Waals surface area (Å²) in [6.45, 7) is 3.34. The second kappa shape index (κ2) is 7.87. The van der Waals surface area contributed by atoms with E-state index in [9.17, 15) is 9.59 Å². The summed E-state index contributed by atoms with van der Waals surface area (Å²) in [6.07, 6.45) is 0.874. The quantitative estimate of drug-likeness (QED) is 0.846. The van der Waals surface area contributed by atoms with Crippen molar-refractivity contribution in [2.75, 3.05) is 6.54 Å².